The van der Waals surface area contributed by atoms with Crippen LogP contribution in [0.15, 0.2) is 0 Å². The van der Waals surface area contributed by atoms with Crippen LogP contribution in [0.5, 0.6) is 0 Å². The maximum atomic E-state index is 12.3. The van der Waals surface area contributed by atoms with Crippen molar-refractivity contribution >= 4 is 5.91 Å². The summed E-state index contributed by atoms with van der Waals surface area (Å²) in [4.78, 5) is 12.3. The Morgan fingerprint density at radius 2 is 2.21 bits per heavy atom. The highest BCUT2D eigenvalue weighted by Gasteiger charge is 2.45. The number of hydrazine groups is 1. The molecular weight excluding hydrogens is 176 g/mol. The van der Waals surface area contributed by atoms with Crippen molar-refractivity contribution in [1.29, 1.82) is 0 Å². The average Bonchev–Trinajstić information content (AvgIpc) is 2.55. The minimum absolute atomic E-state index is 0.102. The number of carbonyl (C=O) groups is 1. The zero-order valence-electron chi connectivity index (χ0n) is 9.42. The third kappa shape index (κ3) is 1.26. The van der Waals surface area contributed by atoms with Crippen LogP contribution in [0.25, 0.3) is 0 Å². The molecule has 0 aromatic heterocycles. The van der Waals surface area contributed by atoms with Crippen molar-refractivity contribution in [2.45, 2.75) is 46.1 Å². The van der Waals surface area contributed by atoms with Crippen LogP contribution in [0.3, 0.4) is 0 Å². The highest BCUT2D eigenvalue weighted by atomic mass is 16.2. The first-order valence-corrected chi connectivity index (χ1v) is 5.67. The molecule has 14 heavy (non-hydrogen) atoms. The van der Waals surface area contributed by atoms with E-state index in [4.69, 9.17) is 0 Å². The molecular formula is C11H20N2O. The van der Waals surface area contributed by atoms with Gasteiger partial charge < -0.3 is 0 Å². The lowest BCUT2D eigenvalue weighted by molar-refractivity contribution is -0.168. The summed E-state index contributed by atoms with van der Waals surface area (Å²) < 4.78 is 0. The number of amides is 1. The van der Waals surface area contributed by atoms with Gasteiger partial charge in [-0.1, -0.05) is 13.8 Å². The molecule has 2 aliphatic rings. The summed E-state index contributed by atoms with van der Waals surface area (Å²) in [5.41, 5.74) is -0.102. The van der Waals surface area contributed by atoms with Crippen LogP contribution in [-0.2, 0) is 4.79 Å². The van der Waals surface area contributed by atoms with Crippen molar-refractivity contribution in [3.63, 3.8) is 0 Å². The van der Waals surface area contributed by atoms with E-state index in [1.165, 1.54) is 0 Å². The molecule has 2 saturated heterocycles. The number of hydrogen-bond donors (Lipinski definition) is 0. The Morgan fingerprint density at radius 3 is 2.86 bits per heavy atom. The molecule has 0 aromatic rings. The van der Waals surface area contributed by atoms with E-state index in [2.05, 4.69) is 25.8 Å². The summed E-state index contributed by atoms with van der Waals surface area (Å²) in [6, 6.07) is 0.411. The Labute approximate surface area is 86.0 Å². The Morgan fingerprint density at radius 1 is 1.50 bits per heavy atom. The van der Waals surface area contributed by atoms with Crippen LogP contribution in [0.2, 0.25) is 0 Å². The third-order valence-electron chi connectivity index (χ3n) is 3.95. The van der Waals surface area contributed by atoms with E-state index in [1.807, 2.05) is 5.01 Å². The topological polar surface area (TPSA) is 23.6 Å². The summed E-state index contributed by atoms with van der Waals surface area (Å²) in [5, 5.41) is 4.23. The molecule has 3 nitrogen and oxygen atoms in total. The Kier molecular flexibility index (Phi) is 2.30. The molecule has 0 unspecified atom stereocenters. The fourth-order valence-electron chi connectivity index (χ4n) is 2.48. The first-order valence-electron chi connectivity index (χ1n) is 5.67. The lowest BCUT2D eigenvalue weighted by Gasteiger charge is -2.44. The molecule has 0 bridgehead atoms. The first kappa shape index (κ1) is 9.97. The average molecular weight is 196 g/mol. The molecule has 0 saturated carbocycles. The maximum Gasteiger partial charge on any atom is 0.243 e. The van der Waals surface area contributed by atoms with E-state index in [0.29, 0.717) is 11.9 Å². The van der Waals surface area contributed by atoms with Crippen LogP contribution in [0.1, 0.15) is 40.0 Å². The van der Waals surface area contributed by atoms with Gasteiger partial charge in [0.25, 0.3) is 0 Å². The number of nitrogens with zero attached hydrogens (tertiary/aromatic N) is 2. The monoisotopic (exact) mass is 196 g/mol. The molecule has 1 amide bonds. The number of hydrogen-bond acceptors (Lipinski definition) is 2. The highest BCUT2D eigenvalue weighted by Crippen LogP contribution is 2.37. The van der Waals surface area contributed by atoms with E-state index >= 15 is 0 Å². The van der Waals surface area contributed by atoms with Gasteiger partial charge >= 0.3 is 0 Å². The van der Waals surface area contributed by atoms with Crippen LogP contribution in [-0.4, -0.2) is 35.1 Å². The molecule has 80 valence electrons. The quantitative estimate of drug-likeness (QED) is 0.636. The van der Waals surface area contributed by atoms with Gasteiger partial charge in [0.1, 0.15) is 0 Å². The summed E-state index contributed by atoms with van der Waals surface area (Å²) in [5.74, 6) is 0.344. The smallest absolute Gasteiger partial charge is 0.243 e. The minimum Gasteiger partial charge on any atom is -0.273 e. The van der Waals surface area contributed by atoms with Gasteiger partial charge in [0.2, 0.25) is 5.91 Å². The van der Waals surface area contributed by atoms with E-state index in [-0.39, 0.29) is 5.41 Å². The van der Waals surface area contributed by atoms with Gasteiger partial charge in [-0.3, -0.25) is 9.80 Å². The van der Waals surface area contributed by atoms with Crippen molar-refractivity contribution in [3.8, 4) is 0 Å². The fraction of sp³-hybridized carbons (Fsp3) is 0.909. The van der Waals surface area contributed by atoms with Crippen molar-refractivity contribution < 1.29 is 4.79 Å². The number of carbonyl (C=O) groups excluding carboxylic acids is 1. The van der Waals surface area contributed by atoms with Gasteiger partial charge in [-0.05, 0) is 26.2 Å². The van der Waals surface area contributed by atoms with E-state index in [9.17, 15) is 4.79 Å². The zero-order valence-corrected chi connectivity index (χ0v) is 9.42. The van der Waals surface area contributed by atoms with E-state index in [1.54, 1.807) is 0 Å². The summed E-state index contributed by atoms with van der Waals surface area (Å²) in [7, 11) is 0. The largest absolute Gasteiger partial charge is 0.273 e. The second kappa shape index (κ2) is 3.23. The molecule has 2 atom stereocenters. The SMILES string of the molecule is CC[C@@]1(C)CCN2CC[C@@H](C)N2C1=O. The normalized spacial score (nSPS) is 38.9. The molecule has 2 rings (SSSR count). The summed E-state index contributed by atoms with van der Waals surface area (Å²) >= 11 is 0. The molecule has 2 heterocycles. The standard InChI is InChI=1S/C11H20N2O/c1-4-11(3)6-8-12-7-5-9(2)13(12)10(11)14/h9H,4-8H2,1-3H3/t9-,11+/m1/s1. The fourth-order valence-corrected chi connectivity index (χ4v) is 2.48. The van der Waals surface area contributed by atoms with Crippen LogP contribution < -0.4 is 0 Å². The van der Waals surface area contributed by atoms with Crippen molar-refractivity contribution in [3.05, 3.63) is 0 Å². The van der Waals surface area contributed by atoms with E-state index < -0.39 is 0 Å². The maximum absolute atomic E-state index is 12.3. The minimum atomic E-state index is -0.102. The Bertz CT molecular complexity index is 254. The van der Waals surface area contributed by atoms with Crippen molar-refractivity contribution in [2.75, 3.05) is 13.1 Å². The van der Waals surface area contributed by atoms with Crippen LogP contribution in [0, 0.1) is 5.41 Å². The van der Waals surface area contributed by atoms with Crippen LogP contribution in [0.4, 0.5) is 0 Å². The zero-order chi connectivity index (χ0) is 10.3. The predicted octanol–water partition coefficient (Wildman–Crippen LogP) is 1.64. The second-order valence-electron chi connectivity index (χ2n) is 4.91. The van der Waals surface area contributed by atoms with Crippen LogP contribution >= 0.6 is 0 Å². The van der Waals surface area contributed by atoms with Crippen molar-refractivity contribution in [2.24, 2.45) is 5.41 Å². The molecule has 0 radical (unpaired) electrons. The molecule has 3 heteroatoms. The summed E-state index contributed by atoms with van der Waals surface area (Å²) in [6.45, 7) is 8.50. The second-order valence-corrected chi connectivity index (χ2v) is 4.91. The highest BCUT2D eigenvalue weighted by molar-refractivity contribution is 5.83. The van der Waals surface area contributed by atoms with Gasteiger partial charge in [-0.25, -0.2) is 5.01 Å². The molecule has 2 aliphatic heterocycles. The lowest BCUT2D eigenvalue weighted by Crippen LogP contribution is -2.56. The van der Waals surface area contributed by atoms with Crippen molar-refractivity contribution in [1.82, 2.24) is 10.0 Å². The van der Waals surface area contributed by atoms with Gasteiger partial charge in [-0.15, -0.1) is 0 Å². The lowest BCUT2D eigenvalue weighted by atomic mass is 9.81. The Hall–Kier alpha value is -0.570. The molecule has 0 spiro atoms. The van der Waals surface area contributed by atoms with Gasteiger partial charge in [-0.2, -0.15) is 0 Å². The number of rotatable bonds is 1. The van der Waals surface area contributed by atoms with E-state index in [0.717, 1.165) is 32.4 Å². The van der Waals surface area contributed by atoms with Gasteiger partial charge in [0.15, 0.2) is 0 Å². The Balaban J connectivity index is 2.22. The van der Waals surface area contributed by atoms with Gasteiger partial charge in [0, 0.05) is 24.5 Å². The third-order valence-corrected chi connectivity index (χ3v) is 3.95. The van der Waals surface area contributed by atoms with Gasteiger partial charge in [0.05, 0.1) is 0 Å². The molecule has 2 fully saturated rings. The number of fused-ring (bicyclic) bond motifs is 1. The predicted molar refractivity (Wildman–Crippen MR) is 55.5 cm³/mol. The molecule has 0 aliphatic carbocycles. The molecule has 0 aromatic carbocycles. The molecule has 0 N–H and O–H groups in total. The first-order chi connectivity index (χ1) is 6.58. The summed E-state index contributed by atoms with van der Waals surface area (Å²) in [6.07, 6.45) is 3.11.